The number of rotatable bonds is 8. The van der Waals surface area contributed by atoms with Gasteiger partial charge < -0.3 is 9.47 Å². The highest BCUT2D eigenvalue weighted by Gasteiger charge is 2.30. The molecule has 0 saturated carbocycles. The summed E-state index contributed by atoms with van der Waals surface area (Å²) in [6.07, 6.45) is 2.45. The third kappa shape index (κ3) is 5.35. The SMILES string of the molecule is CCCCc1ccc(NS(=O)(=O)c2cccc(C(=O)OC3CCOC3=O)c2)cc1. The van der Waals surface area contributed by atoms with E-state index in [1.807, 2.05) is 12.1 Å². The zero-order valence-corrected chi connectivity index (χ0v) is 16.9. The first-order chi connectivity index (χ1) is 13.9. The summed E-state index contributed by atoms with van der Waals surface area (Å²) < 4.78 is 37.8. The third-order valence-corrected chi connectivity index (χ3v) is 5.92. The highest BCUT2D eigenvalue weighted by molar-refractivity contribution is 7.92. The Morgan fingerprint density at radius 3 is 2.62 bits per heavy atom. The van der Waals surface area contributed by atoms with E-state index in [2.05, 4.69) is 11.6 Å². The number of carbonyl (C=O) groups excluding carboxylic acids is 2. The van der Waals surface area contributed by atoms with Crippen LogP contribution < -0.4 is 4.72 Å². The Kier molecular flexibility index (Phi) is 6.53. The standard InChI is InChI=1S/C21H23NO6S/c1-2-3-5-15-8-10-17(11-9-15)22-29(25,26)18-7-4-6-16(14-18)20(23)28-19-12-13-27-21(19)24/h4,6-11,14,19,22H,2-3,5,12-13H2,1H3. The zero-order valence-electron chi connectivity index (χ0n) is 16.1. The maximum absolute atomic E-state index is 12.7. The van der Waals surface area contributed by atoms with Crippen molar-refractivity contribution in [2.24, 2.45) is 0 Å². The molecule has 2 aromatic rings. The molecule has 1 unspecified atom stereocenters. The molecule has 3 rings (SSSR count). The summed E-state index contributed by atoms with van der Waals surface area (Å²) in [5, 5.41) is 0. The van der Waals surface area contributed by atoms with E-state index >= 15 is 0 Å². The summed E-state index contributed by atoms with van der Waals surface area (Å²) in [6.45, 7) is 2.32. The maximum atomic E-state index is 12.7. The lowest BCUT2D eigenvalue weighted by Gasteiger charge is -2.11. The smallest absolute Gasteiger partial charge is 0.347 e. The Hall–Kier alpha value is -2.87. The highest BCUT2D eigenvalue weighted by atomic mass is 32.2. The van der Waals surface area contributed by atoms with Crippen LogP contribution in [0, 0.1) is 0 Å². The molecule has 7 nitrogen and oxygen atoms in total. The molecule has 0 aromatic heterocycles. The molecule has 0 radical (unpaired) electrons. The Labute approximate surface area is 170 Å². The Bertz CT molecular complexity index is 984. The number of benzene rings is 2. The lowest BCUT2D eigenvalue weighted by Crippen LogP contribution is -2.23. The van der Waals surface area contributed by atoms with Crippen LogP contribution in [0.3, 0.4) is 0 Å². The molecule has 0 amide bonds. The van der Waals surface area contributed by atoms with Gasteiger partial charge in [-0.25, -0.2) is 18.0 Å². The van der Waals surface area contributed by atoms with Crippen LogP contribution in [0.2, 0.25) is 0 Å². The first-order valence-electron chi connectivity index (χ1n) is 9.48. The van der Waals surface area contributed by atoms with E-state index < -0.39 is 28.1 Å². The van der Waals surface area contributed by atoms with Gasteiger partial charge in [-0.2, -0.15) is 0 Å². The first-order valence-corrected chi connectivity index (χ1v) is 11.0. The summed E-state index contributed by atoms with van der Waals surface area (Å²) in [6, 6.07) is 12.7. The summed E-state index contributed by atoms with van der Waals surface area (Å²) in [5.41, 5.74) is 1.62. The maximum Gasteiger partial charge on any atom is 0.347 e. The van der Waals surface area contributed by atoms with Crippen LogP contribution in [0.15, 0.2) is 53.4 Å². The van der Waals surface area contributed by atoms with Crippen molar-refractivity contribution in [1.29, 1.82) is 0 Å². The quantitative estimate of drug-likeness (QED) is 0.662. The molecule has 0 bridgehead atoms. The Morgan fingerprint density at radius 1 is 1.21 bits per heavy atom. The van der Waals surface area contributed by atoms with E-state index in [0.717, 1.165) is 24.8 Å². The second-order valence-corrected chi connectivity index (χ2v) is 8.47. The second kappa shape index (κ2) is 9.09. The number of sulfonamides is 1. The van der Waals surface area contributed by atoms with Crippen molar-refractivity contribution >= 4 is 27.6 Å². The number of aryl methyl sites for hydroxylation is 1. The lowest BCUT2D eigenvalue weighted by molar-refractivity contribution is -0.145. The van der Waals surface area contributed by atoms with E-state index in [9.17, 15) is 18.0 Å². The van der Waals surface area contributed by atoms with E-state index in [0.29, 0.717) is 12.1 Å². The zero-order chi connectivity index (χ0) is 20.9. The van der Waals surface area contributed by atoms with E-state index in [-0.39, 0.29) is 17.1 Å². The van der Waals surface area contributed by atoms with Crippen molar-refractivity contribution < 1.29 is 27.5 Å². The number of anilines is 1. The van der Waals surface area contributed by atoms with Gasteiger partial charge in [0.05, 0.1) is 17.1 Å². The van der Waals surface area contributed by atoms with Crippen LogP contribution >= 0.6 is 0 Å². The van der Waals surface area contributed by atoms with Crippen molar-refractivity contribution in [1.82, 2.24) is 0 Å². The van der Waals surface area contributed by atoms with Crippen LogP contribution in [0.4, 0.5) is 5.69 Å². The molecule has 1 aliphatic rings. The van der Waals surface area contributed by atoms with Crippen molar-refractivity contribution in [2.45, 2.75) is 43.6 Å². The predicted molar refractivity (Wildman–Crippen MR) is 107 cm³/mol. The van der Waals surface area contributed by atoms with Crippen molar-refractivity contribution in [2.75, 3.05) is 11.3 Å². The van der Waals surface area contributed by atoms with Crippen molar-refractivity contribution in [3.8, 4) is 0 Å². The minimum atomic E-state index is -3.89. The van der Waals surface area contributed by atoms with E-state index in [1.165, 1.54) is 24.3 Å². The number of hydrogen-bond donors (Lipinski definition) is 1. The minimum Gasteiger partial charge on any atom is -0.463 e. The second-order valence-electron chi connectivity index (χ2n) is 6.78. The van der Waals surface area contributed by atoms with Crippen LogP contribution in [0.5, 0.6) is 0 Å². The van der Waals surface area contributed by atoms with Gasteiger partial charge in [0.15, 0.2) is 0 Å². The van der Waals surface area contributed by atoms with Crippen LogP contribution in [-0.4, -0.2) is 33.1 Å². The van der Waals surface area contributed by atoms with Gasteiger partial charge in [0, 0.05) is 12.1 Å². The minimum absolute atomic E-state index is 0.0440. The van der Waals surface area contributed by atoms with Crippen molar-refractivity contribution in [3.05, 3.63) is 59.7 Å². The third-order valence-electron chi connectivity index (χ3n) is 4.54. The van der Waals surface area contributed by atoms with Gasteiger partial charge >= 0.3 is 11.9 Å². The van der Waals surface area contributed by atoms with Crippen LogP contribution in [0.1, 0.15) is 42.1 Å². The molecule has 0 aliphatic carbocycles. The van der Waals surface area contributed by atoms with Gasteiger partial charge in [0.25, 0.3) is 10.0 Å². The van der Waals surface area contributed by atoms with Crippen LogP contribution in [-0.2, 0) is 30.7 Å². The van der Waals surface area contributed by atoms with Gasteiger partial charge in [0.1, 0.15) is 0 Å². The Morgan fingerprint density at radius 2 is 1.97 bits per heavy atom. The monoisotopic (exact) mass is 417 g/mol. The fourth-order valence-corrected chi connectivity index (χ4v) is 4.01. The lowest BCUT2D eigenvalue weighted by atomic mass is 10.1. The van der Waals surface area contributed by atoms with Gasteiger partial charge in [-0.05, 0) is 48.7 Å². The molecule has 1 saturated heterocycles. The molecule has 2 aromatic carbocycles. The highest BCUT2D eigenvalue weighted by Crippen LogP contribution is 2.20. The molecule has 1 aliphatic heterocycles. The van der Waals surface area contributed by atoms with Crippen molar-refractivity contribution in [3.63, 3.8) is 0 Å². The normalized spacial score (nSPS) is 16.3. The summed E-state index contributed by atoms with van der Waals surface area (Å²) in [5.74, 6) is -1.36. The summed E-state index contributed by atoms with van der Waals surface area (Å²) in [7, 11) is -3.89. The molecular formula is C21H23NO6S. The Balaban J connectivity index is 1.71. The van der Waals surface area contributed by atoms with Gasteiger partial charge in [-0.3, -0.25) is 4.72 Å². The molecule has 1 N–H and O–H groups in total. The fourth-order valence-electron chi connectivity index (χ4n) is 2.91. The van der Waals surface area contributed by atoms with Gasteiger partial charge in [0.2, 0.25) is 6.10 Å². The first kappa shape index (κ1) is 20.9. The summed E-state index contributed by atoms with van der Waals surface area (Å²) in [4.78, 5) is 23.6. The largest absolute Gasteiger partial charge is 0.463 e. The van der Waals surface area contributed by atoms with Gasteiger partial charge in [-0.1, -0.05) is 31.5 Å². The molecule has 0 spiro atoms. The molecule has 29 heavy (non-hydrogen) atoms. The number of hydrogen-bond acceptors (Lipinski definition) is 6. The molecule has 1 heterocycles. The number of cyclic esters (lactones) is 1. The summed E-state index contributed by atoms with van der Waals surface area (Å²) >= 11 is 0. The average molecular weight is 417 g/mol. The molecule has 8 heteroatoms. The van der Waals surface area contributed by atoms with E-state index in [4.69, 9.17) is 9.47 Å². The fraction of sp³-hybridized carbons (Fsp3) is 0.333. The molecule has 154 valence electrons. The average Bonchev–Trinajstić information content (AvgIpc) is 3.12. The van der Waals surface area contributed by atoms with Gasteiger partial charge in [-0.15, -0.1) is 0 Å². The number of esters is 2. The van der Waals surface area contributed by atoms with Crippen LogP contribution in [0.25, 0.3) is 0 Å². The number of unbranched alkanes of at least 4 members (excludes halogenated alkanes) is 1. The number of nitrogens with one attached hydrogen (secondary N) is 1. The molecule has 1 fully saturated rings. The topological polar surface area (TPSA) is 98.8 Å². The number of carbonyl (C=O) groups is 2. The molecular weight excluding hydrogens is 394 g/mol. The number of ether oxygens (including phenoxy) is 2. The van der Waals surface area contributed by atoms with E-state index in [1.54, 1.807) is 12.1 Å². The molecule has 1 atom stereocenters. The predicted octanol–water partition coefficient (Wildman–Crippen LogP) is 3.30.